The highest BCUT2D eigenvalue weighted by molar-refractivity contribution is 5.78. The van der Waals surface area contributed by atoms with E-state index >= 15 is 0 Å². The molecule has 0 atom stereocenters. The summed E-state index contributed by atoms with van der Waals surface area (Å²) in [5.41, 5.74) is 6.82. The zero-order valence-electron chi connectivity index (χ0n) is 10.9. The van der Waals surface area contributed by atoms with Crippen LogP contribution in [0.4, 0.5) is 0 Å². The maximum absolute atomic E-state index is 12.1. The van der Waals surface area contributed by atoms with Crippen molar-refractivity contribution < 1.29 is 4.79 Å². The second-order valence-corrected chi connectivity index (χ2v) is 5.31. The van der Waals surface area contributed by atoms with Gasteiger partial charge in [0.2, 0.25) is 5.91 Å². The van der Waals surface area contributed by atoms with Crippen molar-refractivity contribution in [2.45, 2.75) is 25.7 Å². The minimum absolute atomic E-state index is 0.119. The number of pyridine rings is 1. The van der Waals surface area contributed by atoms with Crippen molar-refractivity contribution in [3.05, 3.63) is 30.1 Å². The average molecular weight is 247 g/mol. The van der Waals surface area contributed by atoms with Crippen LogP contribution in [0.1, 0.15) is 25.0 Å². The van der Waals surface area contributed by atoms with Crippen LogP contribution in [0, 0.1) is 5.41 Å². The molecule has 1 aliphatic carbocycles. The van der Waals surface area contributed by atoms with Gasteiger partial charge in [0.15, 0.2) is 0 Å². The molecule has 0 aliphatic heterocycles. The van der Waals surface area contributed by atoms with Crippen LogP contribution in [0.15, 0.2) is 24.4 Å². The standard InChI is InChI=1S/C14H21N3O/c1-17(11-14(10-15)6-4-7-14)13(18)9-12-5-2-3-8-16-12/h2-3,5,8H,4,6-7,9-11,15H2,1H3. The first-order valence-electron chi connectivity index (χ1n) is 6.49. The number of nitrogens with two attached hydrogens (primary N) is 1. The van der Waals surface area contributed by atoms with E-state index in [1.54, 1.807) is 11.1 Å². The molecule has 4 heteroatoms. The molecule has 0 bridgehead atoms. The molecule has 4 nitrogen and oxygen atoms in total. The molecule has 18 heavy (non-hydrogen) atoms. The van der Waals surface area contributed by atoms with Gasteiger partial charge in [0.1, 0.15) is 0 Å². The monoisotopic (exact) mass is 247 g/mol. The van der Waals surface area contributed by atoms with Gasteiger partial charge in [0.25, 0.3) is 0 Å². The molecule has 1 fully saturated rings. The summed E-state index contributed by atoms with van der Waals surface area (Å²) in [4.78, 5) is 18.1. The normalized spacial score (nSPS) is 17.0. The molecule has 0 unspecified atom stereocenters. The maximum Gasteiger partial charge on any atom is 0.228 e. The van der Waals surface area contributed by atoms with E-state index in [1.807, 2.05) is 25.2 Å². The summed E-state index contributed by atoms with van der Waals surface area (Å²) in [5, 5.41) is 0. The Morgan fingerprint density at radius 2 is 2.28 bits per heavy atom. The van der Waals surface area contributed by atoms with Crippen LogP contribution in [0.5, 0.6) is 0 Å². The minimum atomic E-state index is 0.119. The highest BCUT2D eigenvalue weighted by Crippen LogP contribution is 2.40. The molecule has 1 aromatic heterocycles. The van der Waals surface area contributed by atoms with Crippen LogP contribution >= 0.6 is 0 Å². The van der Waals surface area contributed by atoms with Gasteiger partial charge in [-0.15, -0.1) is 0 Å². The third-order valence-electron chi connectivity index (χ3n) is 3.90. The van der Waals surface area contributed by atoms with Crippen molar-refractivity contribution in [1.29, 1.82) is 0 Å². The van der Waals surface area contributed by atoms with Gasteiger partial charge < -0.3 is 10.6 Å². The first-order valence-corrected chi connectivity index (χ1v) is 6.49. The lowest BCUT2D eigenvalue weighted by molar-refractivity contribution is -0.131. The molecule has 1 saturated carbocycles. The summed E-state index contributed by atoms with van der Waals surface area (Å²) in [6, 6.07) is 5.65. The van der Waals surface area contributed by atoms with Crippen molar-refractivity contribution in [1.82, 2.24) is 9.88 Å². The average Bonchev–Trinajstić information content (AvgIpc) is 2.34. The number of carbonyl (C=O) groups is 1. The fourth-order valence-corrected chi connectivity index (χ4v) is 2.49. The Balaban J connectivity index is 1.89. The number of hydrogen-bond acceptors (Lipinski definition) is 3. The molecule has 1 amide bonds. The molecule has 2 N–H and O–H groups in total. The van der Waals surface area contributed by atoms with Gasteiger partial charge in [-0.1, -0.05) is 12.5 Å². The minimum Gasteiger partial charge on any atom is -0.345 e. The third-order valence-corrected chi connectivity index (χ3v) is 3.90. The first kappa shape index (κ1) is 13.0. The Kier molecular flexibility index (Phi) is 3.97. The lowest BCUT2D eigenvalue weighted by Crippen LogP contribution is -2.47. The smallest absolute Gasteiger partial charge is 0.228 e. The van der Waals surface area contributed by atoms with Gasteiger partial charge in [-0.3, -0.25) is 9.78 Å². The predicted molar refractivity (Wildman–Crippen MR) is 70.9 cm³/mol. The van der Waals surface area contributed by atoms with Gasteiger partial charge in [0, 0.05) is 30.9 Å². The van der Waals surface area contributed by atoms with E-state index in [1.165, 1.54) is 6.42 Å². The van der Waals surface area contributed by atoms with Gasteiger partial charge in [-0.2, -0.15) is 0 Å². The highest BCUT2D eigenvalue weighted by Gasteiger charge is 2.37. The maximum atomic E-state index is 12.1. The Morgan fingerprint density at radius 1 is 1.50 bits per heavy atom. The number of hydrogen-bond donors (Lipinski definition) is 1. The van der Waals surface area contributed by atoms with Crippen molar-refractivity contribution in [3.8, 4) is 0 Å². The number of nitrogens with zero attached hydrogens (tertiary/aromatic N) is 2. The number of rotatable bonds is 5. The second kappa shape index (κ2) is 5.48. The molecule has 0 radical (unpaired) electrons. The largest absolute Gasteiger partial charge is 0.345 e. The second-order valence-electron chi connectivity index (χ2n) is 5.31. The molecular weight excluding hydrogens is 226 g/mol. The van der Waals surface area contributed by atoms with Gasteiger partial charge >= 0.3 is 0 Å². The number of aromatic nitrogens is 1. The zero-order chi connectivity index (χ0) is 13.0. The van der Waals surface area contributed by atoms with E-state index in [4.69, 9.17) is 5.73 Å². The van der Waals surface area contributed by atoms with Gasteiger partial charge in [0.05, 0.1) is 6.42 Å². The third kappa shape index (κ3) is 2.88. The summed E-state index contributed by atoms with van der Waals surface area (Å²) >= 11 is 0. The predicted octanol–water partition coefficient (Wildman–Crippen LogP) is 1.21. The van der Waals surface area contributed by atoms with Crippen molar-refractivity contribution in [3.63, 3.8) is 0 Å². The molecule has 98 valence electrons. The summed E-state index contributed by atoms with van der Waals surface area (Å²) in [7, 11) is 1.86. The summed E-state index contributed by atoms with van der Waals surface area (Å²) in [6.45, 7) is 1.45. The van der Waals surface area contributed by atoms with E-state index < -0.39 is 0 Å². The van der Waals surface area contributed by atoms with Crippen molar-refractivity contribution in [2.75, 3.05) is 20.1 Å². The summed E-state index contributed by atoms with van der Waals surface area (Å²) in [5.74, 6) is 0.119. The number of amides is 1. The zero-order valence-corrected chi connectivity index (χ0v) is 10.9. The molecule has 0 saturated heterocycles. The molecular formula is C14H21N3O. The fourth-order valence-electron chi connectivity index (χ4n) is 2.49. The van der Waals surface area contributed by atoms with E-state index in [0.717, 1.165) is 25.1 Å². The summed E-state index contributed by atoms with van der Waals surface area (Å²) < 4.78 is 0. The first-order chi connectivity index (χ1) is 8.65. The molecule has 1 aromatic rings. The Labute approximate surface area is 108 Å². The fraction of sp³-hybridized carbons (Fsp3) is 0.571. The van der Waals surface area contributed by atoms with Crippen LogP contribution in [-0.2, 0) is 11.2 Å². The Morgan fingerprint density at radius 3 is 2.78 bits per heavy atom. The lowest BCUT2D eigenvalue weighted by atomic mass is 9.68. The highest BCUT2D eigenvalue weighted by atomic mass is 16.2. The SMILES string of the molecule is CN(CC1(CN)CCC1)C(=O)Cc1ccccn1. The van der Waals surface area contributed by atoms with Crippen LogP contribution in [0.2, 0.25) is 0 Å². The van der Waals surface area contributed by atoms with Crippen LogP contribution in [0.25, 0.3) is 0 Å². The van der Waals surface area contributed by atoms with E-state index in [9.17, 15) is 4.79 Å². The van der Waals surface area contributed by atoms with E-state index in [2.05, 4.69) is 4.98 Å². The van der Waals surface area contributed by atoms with Crippen molar-refractivity contribution >= 4 is 5.91 Å². The van der Waals surface area contributed by atoms with Gasteiger partial charge in [-0.25, -0.2) is 0 Å². The Bertz CT molecular complexity index is 395. The quantitative estimate of drug-likeness (QED) is 0.851. The molecule has 0 spiro atoms. The lowest BCUT2D eigenvalue weighted by Gasteiger charge is -2.43. The molecule has 1 aliphatic rings. The van der Waals surface area contributed by atoms with E-state index in [0.29, 0.717) is 13.0 Å². The van der Waals surface area contributed by atoms with Gasteiger partial charge in [-0.05, 0) is 31.5 Å². The van der Waals surface area contributed by atoms with Crippen LogP contribution < -0.4 is 5.73 Å². The van der Waals surface area contributed by atoms with Crippen LogP contribution in [0.3, 0.4) is 0 Å². The van der Waals surface area contributed by atoms with Crippen LogP contribution in [-0.4, -0.2) is 35.9 Å². The number of likely N-dealkylation sites (N-methyl/N-ethyl adjacent to an activating group) is 1. The molecule has 1 heterocycles. The Hall–Kier alpha value is -1.42. The van der Waals surface area contributed by atoms with Crippen molar-refractivity contribution in [2.24, 2.45) is 11.1 Å². The number of carbonyl (C=O) groups excluding carboxylic acids is 1. The molecule has 2 rings (SSSR count). The summed E-state index contributed by atoms with van der Waals surface area (Å²) in [6.07, 6.45) is 5.61. The van der Waals surface area contributed by atoms with E-state index in [-0.39, 0.29) is 11.3 Å². The molecule has 0 aromatic carbocycles. The topological polar surface area (TPSA) is 59.2 Å².